The Kier molecular flexibility index (Phi) is 1.43. The van der Waals surface area contributed by atoms with E-state index >= 15 is 0 Å². The van der Waals surface area contributed by atoms with Gasteiger partial charge in [0.2, 0.25) is 0 Å². The zero-order chi connectivity index (χ0) is 4.24. The van der Waals surface area contributed by atoms with Crippen molar-refractivity contribution in [3.63, 3.8) is 0 Å². The van der Waals surface area contributed by atoms with Crippen LogP contribution in [0.3, 0.4) is 0 Å². The summed E-state index contributed by atoms with van der Waals surface area (Å²) in [6.45, 7) is 1.97. The molecule has 1 aliphatic rings. The summed E-state index contributed by atoms with van der Waals surface area (Å²) in [5.74, 6) is 0. The fourth-order valence-electron chi connectivity index (χ4n) is 0.346. The van der Waals surface area contributed by atoms with Crippen molar-refractivity contribution in [3.8, 4) is 0 Å². The molecule has 1 saturated heterocycles. The van der Waals surface area contributed by atoms with E-state index in [0.717, 1.165) is 0 Å². The van der Waals surface area contributed by atoms with E-state index in [1.807, 2.05) is 0 Å². The molecule has 0 aromatic heterocycles. The summed E-state index contributed by atoms with van der Waals surface area (Å²) in [5, 5.41) is 11.5. The van der Waals surface area contributed by atoms with Crippen molar-refractivity contribution in [1.82, 2.24) is 16.0 Å². The number of hydrogen-bond donors (Lipinski definition) is 0. The van der Waals surface area contributed by atoms with Gasteiger partial charge in [0.1, 0.15) is 0 Å². The largest absolute Gasteiger partial charge is 0.208 e. The van der Waals surface area contributed by atoms with Crippen LogP contribution in [0.4, 0.5) is 0 Å². The predicted molar refractivity (Wildman–Crippen MR) is 21.0 cm³/mol. The zero-order valence-corrected chi connectivity index (χ0v) is 3.46. The fraction of sp³-hybridized carbons (Fsp3) is 1.00. The van der Waals surface area contributed by atoms with Crippen molar-refractivity contribution in [3.05, 3.63) is 0 Å². The second-order valence-electron chi connectivity index (χ2n) is 1.10. The molecule has 33 valence electrons. The maximum Gasteiger partial charge on any atom is 0.0819 e. The smallest absolute Gasteiger partial charge is 0.0819 e. The molecular formula is C3H6N3. The lowest BCUT2D eigenvalue weighted by Crippen LogP contribution is -2.35. The molecule has 0 amide bonds. The van der Waals surface area contributed by atoms with Crippen LogP contribution in [0.2, 0.25) is 0 Å². The van der Waals surface area contributed by atoms with Crippen molar-refractivity contribution in [2.24, 2.45) is 0 Å². The van der Waals surface area contributed by atoms with Crippen molar-refractivity contribution in [2.45, 2.75) is 0 Å². The lowest BCUT2D eigenvalue weighted by molar-refractivity contribution is 0.421. The van der Waals surface area contributed by atoms with Crippen LogP contribution in [0.1, 0.15) is 0 Å². The van der Waals surface area contributed by atoms with Gasteiger partial charge in [-0.2, -0.15) is 0 Å². The summed E-state index contributed by atoms with van der Waals surface area (Å²) in [4.78, 5) is 0. The molecule has 3 heteroatoms. The highest BCUT2D eigenvalue weighted by Crippen LogP contribution is 1.67. The molecular weight excluding hydrogens is 78.1 g/mol. The van der Waals surface area contributed by atoms with E-state index in [1.54, 1.807) is 0 Å². The van der Waals surface area contributed by atoms with Gasteiger partial charge in [-0.3, -0.25) is 0 Å². The van der Waals surface area contributed by atoms with Crippen LogP contribution < -0.4 is 16.0 Å². The van der Waals surface area contributed by atoms with E-state index in [1.165, 1.54) is 0 Å². The van der Waals surface area contributed by atoms with Gasteiger partial charge >= 0.3 is 0 Å². The Bertz CT molecular complexity index is 21.5. The third kappa shape index (κ3) is 0.931. The van der Waals surface area contributed by atoms with Crippen LogP contribution in [0.25, 0.3) is 0 Å². The first-order valence-corrected chi connectivity index (χ1v) is 1.90. The molecule has 3 nitrogen and oxygen atoms in total. The average Bonchev–Trinajstić information content (AvgIpc) is 1.72. The van der Waals surface area contributed by atoms with Gasteiger partial charge < -0.3 is 0 Å². The maximum absolute atomic E-state index is 3.84. The van der Waals surface area contributed by atoms with E-state index in [-0.39, 0.29) is 0 Å². The Morgan fingerprint density at radius 2 is 1.00 bits per heavy atom. The molecule has 0 aromatic carbocycles. The molecule has 0 unspecified atom stereocenters. The van der Waals surface area contributed by atoms with Gasteiger partial charge in [-0.25, -0.2) is 16.0 Å². The molecule has 1 aliphatic heterocycles. The molecule has 0 bridgehead atoms. The molecule has 1 fully saturated rings. The molecule has 0 saturated carbocycles. The van der Waals surface area contributed by atoms with Gasteiger partial charge in [-0.05, 0) is 0 Å². The highest BCUT2D eigenvalue weighted by atomic mass is 15.2. The first-order chi connectivity index (χ1) is 3.00. The van der Waals surface area contributed by atoms with Crippen LogP contribution in [0.5, 0.6) is 0 Å². The zero-order valence-electron chi connectivity index (χ0n) is 3.46. The minimum atomic E-state index is 0.656. The standard InChI is InChI=1S/C3H6N3/c1-4-2-6-3-5-1/h1-3H2. The Balaban J connectivity index is 2.00. The topological polar surface area (TPSA) is 42.3 Å². The SMILES string of the molecule is C1[N]C[N]C[N]1. The van der Waals surface area contributed by atoms with Crippen molar-refractivity contribution >= 4 is 0 Å². The highest BCUT2D eigenvalue weighted by Gasteiger charge is 1.95. The van der Waals surface area contributed by atoms with Crippen molar-refractivity contribution in [2.75, 3.05) is 20.0 Å². The monoisotopic (exact) mass is 84.1 g/mol. The molecule has 3 radical (unpaired) electrons. The second-order valence-corrected chi connectivity index (χ2v) is 1.10. The van der Waals surface area contributed by atoms with Gasteiger partial charge in [0.25, 0.3) is 0 Å². The highest BCUT2D eigenvalue weighted by molar-refractivity contribution is 4.47. The van der Waals surface area contributed by atoms with Gasteiger partial charge in [0.05, 0.1) is 20.0 Å². The molecule has 0 spiro atoms. The van der Waals surface area contributed by atoms with E-state index in [9.17, 15) is 0 Å². The molecule has 0 aromatic rings. The molecule has 0 N–H and O–H groups in total. The van der Waals surface area contributed by atoms with Crippen LogP contribution in [0, 0.1) is 0 Å². The first kappa shape index (κ1) is 4.05. The molecule has 1 heterocycles. The normalized spacial score (nSPS) is 24.0. The molecule has 6 heavy (non-hydrogen) atoms. The van der Waals surface area contributed by atoms with Gasteiger partial charge in [-0.15, -0.1) is 0 Å². The van der Waals surface area contributed by atoms with Gasteiger partial charge in [0, 0.05) is 0 Å². The summed E-state index contributed by atoms with van der Waals surface area (Å²) in [6.07, 6.45) is 0. The lowest BCUT2D eigenvalue weighted by Gasteiger charge is -2.07. The minimum Gasteiger partial charge on any atom is -0.208 e. The quantitative estimate of drug-likeness (QED) is 0.349. The lowest BCUT2D eigenvalue weighted by atomic mass is 10.8. The van der Waals surface area contributed by atoms with Crippen LogP contribution in [0.15, 0.2) is 0 Å². The first-order valence-electron chi connectivity index (χ1n) is 1.90. The molecule has 1 rings (SSSR count). The number of rotatable bonds is 0. The number of hydrogen-bond acceptors (Lipinski definition) is 0. The van der Waals surface area contributed by atoms with E-state index in [0.29, 0.717) is 20.0 Å². The second kappa shape index (κ2) is 2.12. The maximum atomic E-state index is 3.84. The van der Waals surface area contributed by atoms with E-state index in [2.05, 4.69) is 16.0 Å². The van der Waals surface area contributed by atoms with Crippen molar-refractivity contribution < 1.29 is 0 Å². The Labute approximate surface area is 37.1 Å². The van der Waals surface area contributed by atoms with E-state index < -0.39 is 0 Å². The predicted octanol–water partition coefficient (Wildman–Crippen LogP) is -1.31. The Hall–Kier alpha value is -0.120. The molecule has 0 atom stereocenters. The fourth-order valence-corrected chi connectivity index (χ4v) is 0.346. The Morgan fingerprint density at radius 3 is 1.17 bits per heavy atom. The van der Waals surface area contributed by atoms with Gasteiger partial charge in [-0.1, -0.05) is 0 Å². The van der Waals surface area contributed by atoms with E-state index in [4.69, 9.17) is 0 Å². The van der Waals surface area contributed by atoms with Crippen LogP contribution >= 0.6 is 0 Å². The van der Waals surface area contributed by atoms with Crippen LogP contribution in [-0.2, 0) is 0 Å². The third-order valence-electron chi connectivity index (χ3n) is 0.600. The van der Waals surface area contributed by atoms with Gasteiger partial charge in [0.15, 0.2) is 0 Å². The molecule has 0 aliphatic carbocycles. The summed E-state index contributed by atoms with van der Waals surface area (Å²) >= 11 is 0. The third-order valence-corrected chi connectivity index (χ3v) is 0.600. The van der Waals surface area contributed by atoms with Crippen LogP contribution in [-0.4, -0.2) is 20.0 Å². The minimum absolute atomic E-state index is 0.656. The summed E-state index contributed by atoms with van der Waals surface area (Å²) in [6, 6.07) is 0. The summed E-state index contributed by atoms with van der Waals surface area (Å²) in [5.41, 5.74) is 0. The average molecular weight is 84.1 g/mol. The Morgan fingerprint density at radius 1 is 0.667 bits per heavy atom. The summed E-state index contributed by atoms with van der Waals surface area (Å²) in [7, 11) is 0. The summed E-state index contributed by atoms with van der Waals surface area (Å²) < 4.78 is 0. The number of nitrogens with zero attached hydrogens (tertiary/aromatic N) is 3. The van der Waals surface area contributed by atoms with Crippen molar-refractivity contribution in [1.29, 1.82) is 0 Å².